The third-order valence-corrected chi connectivity index (χ3v) is 4.29. The molecule has 0 fully saturated rings. The molecule has 5 nitrogen and oxygen atoms in total. The third kappa shape index (κ3) is 4.51. The van der Waals surface area contributed by atoms with Crippen LogP contribution in [0.15, 0.2) is 65.5 Å². The molecule has 2 amide bonds. The van der Waals surface area contributed by atoms with E-state index in [9.17, 15) is 9.59 Å². The van der Waals surface area contributed by atoms with Crippen LogP contribution >= 0.6 is 11.3 Å². The van der Waals surface area contributed by atoms with Gasteiger partial charge in [0.05, 0.1) is 12.2 Å². The maximum atomic E-state index is 12.0. The number of aromatic nitrogens is 1. The number of hydrogen-bond acceptors (Lipinski definition) is 4. The van der Waals surface area contributed by atoms with Gasteiger partial charge >= 0.3 is 0 Å². The lowest BCUT2D eigenvalue weighted by atomic mass is 10.1. The summed E-state index contributed by atoms with van der Waals surface area (Å²) in [5.41, 5.74) is 3.36. The summed E-state index contributed by atoms with van der Waals surface area (Å²) in [6.07, 6.45) is 1.73. The summed E-state index contributed by atoms with van der Waals surface area (Å²) in [6, 6.07) is 14.6. The first kappa shape index (κ1) is 16.9. The molecule has 0 saturated heterocycles. The van der Waals surface area contributed by atoms with Gasteiger partial charge < -0.3 is 10.6 Å². The van der Waals surface area contributed by atoms with E-state index in [1.165, 1.54) is 0 Å². The number of amides is 2. The highest BCUT2D eigenvalue weighted by molar-refractivity contribution is 7.08. The van der Waals surface area contributed by atoms with Crippen LogP contribution in [0.25, 0.3) is 11.3 Å². The van der Waals surface area contributed by atoms with Crippen LogP contribution in [0.1, 0.15) is 15.9 Å². The Bertz CT molecular complexity index is 848. The molecule has 0 saturated carbocycles. The second kappa shape index (κ2) is 8.21. The maximum absolute atomic E-state index is 12.0. The van der Waals surface area contributed by atoms with Crippen LogP contribution in [0.3, 0.4) is 0 Å². The van der Waals surface area contributed by atoms with Gasteiger partial charge in [0.1, 0.15) is 0 Å². The zero-order valence-corrected chi connectivity index (χ0v) is 14.3. The van der Waals surface area contributed by atoms with Crippen LogP contribution in [0.5, 0.6) is 0 Å². The molecule has 0 aliphatic rings. The van der Waals surface area contributed by atoms with Crippen molar-refractivity contribution in [1.82, 2.24) is 15.6 Å². The molecule has 0 spiro atoms. The predicted molar refractivity (Wildman–Crippen MR) is 98.2 cm³/mol. The molecular formula is C19H17N3O2S. The summed E-state index contributed by atoms with van der Waals surface area (Å²) in [5, 5.41) is 9.44. The zero-order chi connectivity index (χ0) is 17.5. The highest BCUT2D eigenvalue weighted by Crippen LogP contribution is 2.23. The Morgan fingerprint density at radius 2 is 1.84 bits per heavy atom. The minimum Gasteiger partial charge on any atom is -0.350 e. The third-order valence-electron chi connectivity index (χ3n) is 3.61. The molecule has 2 N–H and O–H groups in total. The number of rotatable bonds is 6. The number of carbonyl (C=O) groups is 2. The maximum Gasteiger partial charge on any atom is 0.251 e. The Morgan fingerprint density at radius 3 is 2.60 bits per heavy atom. The topological polar surface area (TPSA) is 71.1 Å². The SMILES string of the molecule is O=C(CNC(=O)c1ccccc1)NCc1cccnc1-c1ccsc1. The van der Waals surface area contributed by atoms with Gasteiger partial charge in [-0.15, -0.1) is 0 Å². The van der Waals surface area contributed by atoms with E-state index >= 15 is 0 Å². The normalized spacial score (nSPS) is 10.2. The molecule has 0 bridgehead atoms. The predicted octanol–water partition coefficient (Wildman–Crippen LogP) is 2.86. The fourth-order valence-corrected chi connectivity index (χ4v) is 2.99. The zero-order valence-electron chi connectivity index (χ0n) is 13.4. The average molecular weight is 351 g/mol. The first-order chi connectivity index (χ1) is 12.2. The monoisotopic (exact) mass is 351 g/mol. The summed E-state index contributed by atoms with van der Waals surface area (Å²) >= 11 is 1.60. The second-order valence-electron chi connectivity index (χ2n) is 5.35. The highest BCUT2D eigenvalue weighted by Gasteiger charge is 2.10. The van der Waals surface area contributed by atoms with E-state index in [4.69, 9.17) is 0 Å². The number of benzene rings is 1. The van der Waals surface area contributed by atoms with Gasteiger partial charge in [0.2, 0.25) is 5.91 Å². The molecule has 25 heavy (non-hydrogen) atoms. The van der Waals surface area contributed by atoms with Crippen LogP contribution < -0.4 is 10.6 Å². The average Bonchev–Trinajstić information content (AvgIpc) is 3.20. The van der Waals surface area contributed by atoms with Crippen LogP contribution in [0.2, 0.25) is 0 Å². The quantitative estimate of drug-likeness (QED) is 0.717. The molecule has 1 aromatic carbocycles. The largest absolute Gasteiger partial charge is 0.350 e. The lowest BCUT2D eigenvalue weighted by molar-refractivity contribution is -0.120. The van der Waals surface area contributed by atoms with Gasteiger partial charge in [0, 0.05) is 29.2 Å². The van der Waals surface area contributed by atoms with Crippen molar-refractivity contribution in [2.24, 2.45) is 0 Å². The standard InChI is InChI=1S/C19H17N3O2S/c23-17(12-22-19(24)14-5-2-1-3-6-14)21-11-15-7-4-9-20-18(15)16-8-10-25-13-16/h1-10,13H,11-12H2,(H,21,23)(H,22,24). The van der Waals surface area contributed by atoms with E-state index in [1.54, 1.807) is 41.8 Å². The molecule has 2 aromatic heterocycles. The Hall–Kier alpha value is -2.99. The van der Waals surface area contributed by atoms with Crippen molar-refractivity contribution in [2.75, 3.05) is 6.54 Å². The number of nitrogens with one attached hydrogen (secondary N) is 2. The van der Waals surface area contributed by atoms with E-state index in [0.29, 0.717) is 12.1 Å². The van der Waals surface area contributed by atoms with Crippen molar-refractivity contribution in [3.63, 3.8) is 0 Å². The van der Waals surface area contributed by atoms with Crippen LogP contribution in [-0.2, 0) is 11.3 Å². The molecule has 0 radical (unpaired) electrons. The molecule has 0 aliphatic carbocycles. The van der Waals surface area contributed by atoms with Gasteiger partial charge in [-0.1, -0.05) is 24.3 Å². The number of nitrogens with zero attached hydrogens (tertiary/aromatic N) is 1. The Kier molecular flexibility index (Phi) is 5.53. The van der Waals surface area contributed by atoms with Gasteiger partial charge in [-0.3, -0.25) is 14.6 Å². The van der Waals surface area contributed by atoms with Crippen molar-refractivity contribution < 1.29 is 9.59 Å². The van der Waals surface area contributed by atoms with Gasteiger partial charge in [-0.25, -0.2) is 0 Å². The number of carbonyl (C=O) groups excluding carboxylic acids is 2. The molecular weight excluding hydrogens is 334 g/mol. The summed E-state index contributed by atoms with van der Waals surface area (Å²) in [4.78, 5) is 28.3. The summed E-state index contributed by atoms with van der Waals surface area (Å²) in [7, 11) is 0. The first-order valence-corrected chi connectivity index (χ1v) is 8.75. The molecule has 2 heterocycles. The molecule has 0 unspecified atom stereocenters. The van der Waals surface area contributed by atoms with Crippen LogP contribution in [-0.4, -0.2) is 23.3 Å². The molecule has 126 valence electrons. The van der Waals surface area contributed by atoms with Gasteiger partial charge in [-0.2, -0.15) is 11.3 Å². The number of thiophene rings is 1. The van der Waals surface area contributed by atoms with E-state index in [2.05, 4.69) is 15.6 Å². The lowest BCUT2D eigenvalue weighted by Gasteiger charge is -2.10. The molecule has 3 rings (SSSR count). The fourth-order valence-electron chi connectivity index (χ4n) is 2.35. The Balaban J connectivity index is 1.54. The van der Waals surface area contributed by atoms with Gasteiger partial charge in [0.15, 0.2) is 0 Å². The smallest absolute Gasteiger partial charge is 0.251 e. The summed E-state index contributed by atoms with van der Waals surface area (Å²) in [5.74, 6) is -0.513. The number of hydrogen-bond donors (Lipinski definition) is 2. The molecule has 0 atom stereocenters. The number of pyridine rings is 1. The minimum atomic E-state index is -0.268. The van der Waals surface area contributed by atoms with E-state index in [0.717, 1.165) is 16.8 Å². The van der Waals surface area contributed by atoms with Crippen molar-refractivity contribution in [3.8, 4) is 11.3 Å². The molecule has 6 heteroatoms. The van der Waals surface area contributed by atoms with Gasteiger partial charge in [0.25, 0.3) is 5.91 Å². The van der Waals surface area contributed by atoms with Gasteiger partial charge in [-0.05, 0) is 35.2 Å². The lowest BCUT2D eigenvalue weighted by Crippen LogP contribution is -2.36. The highest BCUT2D eigenvalue weighted by atomic mass is 32.1. The van der Waals surface area contributed by atoms with Crippen molar-refractivity contribution in [1.29, 1.82) is 0 Å². The van der Waals surface area contributed by atoms with E-state index in [-0.39, 0.29) is 18.4 Å². The van der Waals surface area contributed by atoms with E-state index < -0.39 is 0 Å². The van der Waals surface area contributed by atoms with Crippen molar-refractivity contribution in [2.45, 2.75) is 6.54 Å². The minimum absolute atomic E-state index is 0.0677. The van der Waals surface area contributed by atoms with Crippen LogP contribution in [0.4, 0.5) is 0 Å². The Morgan fingerprint density at radius 1 is 1.00 bits per heavy atom. The second-order valence-corrected chi connectivity index (χ2v) is 6.13. The van der Waals surface area contributed by atoms with Crippen LogP contribution in [0, 0.1) is 0 Å². The molecule has 3 aromatic rings. The summed E-state index contributed by atoms with van der Waals surface area (Å²) in [6.45, 7) is 0.292. The Labute approximate surface area is 149 Å². The van der Waals surface area contributed by atoms with Crippen molar-refractivity contribution >= 4 is 23.2 Å². The molecule has 0 aliphatic heterocycles. The fraction of sp³-hybridized carbons (Fsp3) is 0.105. The first-order valence-electron chi connectivity index (χ1n) is 7.80. The van der Waals surface area contributed by atoms with E-state index in [1.807, 2.05) is 35.0 Å². The van der Waals surface area contributed by atoms with Crippen molar-refractivity contribution in [3.05, 3.63) is 76.6 Å². The summed E-state index contributed by atoms with van der Waals surface area (Å²) < 4.78 is 0.